The normalized spacial score (nSPS) is 10.4. The number of ketones is 1. The molecule has 0 radical (unpaired) electrons. The number of Topliss-reactive ketones (excluding diaryl/α,β-unsaturated/α-hetero) is 1. The molecule has 0 bridgehead atoms. The van der Waals surface area contributed by atoms with Crippen LogP contribution in [0.15, 0.2) is 48.5 Å². The highest BCUT2D eigenvalue weighted by atomic mass is 32.2. The number of carbonyl (C=O) groups excluding carboxylic acids is 2. The van der Waals surface area contributed by atoms with Gasteiger partial charge in [-0.25, -0.2) is 8.42 Å². The van der Waals surface area contributed by atoms with Gasteiger partial charge >= 0.3 is 0 Å². The monoisotopic (exact) mass is 351 g/mol. The number of aldehydes is 1. The van der Waals surface area contributed by atoms with E-state index in [-0.39, 0.29) is 35.4 Å². The number of benzene rings is 2. The van der Waals surface area contributed by atoms with Crippen LogP contribution in [-0.4, -0.2) is 32.2 Å². The lowest BCUT2D eigenvalue weighted by molar-refractivity contribution is -0.104. The Morgan fingerprint density at radius 3 is 2.42 bits per heavy atom. The molecule has 0 fully saturated rings. The first-order valence-corrected chi connectivity index (χ1v) is 8.56. The van der Waals surface area contributed by atoms with Crippen LogP contribution >= 0.6 is 0 Å². The number of rotatable bonds is 7. The van der Waals surface area contributed by atoms with E-state index < -0.39 is 15.8 Å². The second-order valence-corrected chi connectivity index (χ2v) is 6.59. The van der Waals surface area contributed by atoms with Crippen molar-refractivity contribution in [3.8, 4) is 5.75 Å². The lowest BCUT2D eigenvalue weighted by atomic mass is 10.1. The summed E-state index contributed by atoms with van der Waals surface area (Å²) in [5, 5.41) is 0. The van der Waals surface area contributed by atoms with Crippen molar-refractivity contribution in [2.24, 2.45) is 0 Å². The zero-order chi connectivity index (χ0) is 16.9. The van der Waals surface area contributed by atoms with E-state index in [1.165, 1.54) is 18.2 Å². The van der Waals surface area contributed by atoms with Gasteiger partial charge in [0.25, 0.3) is 0 Å². The van der Waals surface area contributed by atoms with Gasteiger partial charge in [-0.2, -0.15) is 0 Å². The van der Waals surface area contributed by atoms with Gasteiger partial charge in [-0.1, -0.05) is 30.3 Å². The van der Waals surface area contributed by atoms with Crippen molar-refractivity contribution >= 4 is 27.8 Å². The largest absolute Gasteiger partial charge is 0.487 e. The van der Waals surface area contributed by atoms with E-state index in [4.69, 9.17) is 4.74 Å². The van der Waals surface area contributed by atoms with Gasteiger partial charge in [-0.05, 0) is 23.8 Å². The summed E-state index contributed by atoms with van der Waals surface area (Å²) in [7, 11) is -3.56. The average Bonchev–Trinajstić information content (AvgIpc) is 2.52. The van der Waals surface area contributed by atoms with Crippen LogP contribution in [0.25, 0.3) is 0 Å². The van der Waals surface area contributed by atoms with Crippen molar-refractivity contribution in [2.75, 3.05) is 11.0 Å². The quantitative estimate of drug-likeness (QED) is 0.456. The second-order valence-electron chi connectivity index (χ2n) is 4.84. The first kappa shape index (κ1) is 19.3. The van der Waals surface area contributed by atoms with Crippen LogP contribution in [0.3, 0.4) is 0 Å². The minimum absolute atomic E-state index is 0. The van der Waals surface area contributed by atoms with E-state index in [1.807, 2.05) is 30.3 Å². The Balaban J connectivity index is 0.00000288. The maximum atomic E-state index is 11.5. The van der Waals surface area contributed by atoms with Crippen molar-refractivity contribution in [1.82, 2.24) is 0 Å². The number of ether oxygens (including phenoxy) is 1. The molecule has 0 spiro atoms. The SMILES string of the molecule is CS(=O)(=O)Nc1cc(C(=O)C=O)ccc1OCc1ccccc1.O. The van der Waals surface area contributed by atoms with Gasteiger partial charge in [0.2, 0.25) is 15.8 Å². The predicted molar refractivity (Wildman–Crippen MR) is 89.7 cm³/mol. The average molecular weight is 351 g/mol. The first-order chi connectivity index (χ1) is 10.9. The standard InChI is InChI=1S/C16H15NO5S.H2O/c1-23(20,21)17-14-9-13(15(19)10-18)7-8-16(14)22-11-12-5-3-2-4-6-12;/h2-10,17H,11H2,1H3;1H2. The summed E-state index contributed by atoms with van der Waals surface area (Å²) in [6.07, 6.45) is 1.16. The van der Waals surface area contributed by atoms with E-state index >= 15 is 0 Å². The fraction of sp³-hybridized carbons (Fsp3) is 0.125. The molecule has 128 valence electrons. The van der Waals surface area contributed by atoms with Gasteiger partial charge in [0.1, 0.15) is 12.4 Å². The fourth-order valence-electron chi connectivity index (χ4n) is 1.89. The van der Waals surface area contributed by atoms with Gasteiger partial charge in [0, 0.05) is 5.56 Å². The van der Waals surface area contributed by atoms with Crippen molar-refractivity contribution in [1.29, 1.82) is 0 Å². The Hall–Kier alpha value is -2.71. The Labute approximate surface area is 139 Å². The lowest BCUT2D eigenvalue weighted by Gasteiger charge is -2.13. The highest BCUT2D eigenvalue weighted by Crippen LogP contribution is 2.27. The van der Waals surface area contributed by atoms with Gasteiger partial charge in [0.05, 0.1) is 11.9 Å². The van der Waals surface area contributed by atoms with Crippen LogP contribution in [0.1, 0.15) is 15.9 Å². The number of carbonyl (C=O) groups is 2. The maximum absolute atomic E-state index is 11.5. The van der Waals surface area contributed by atoms with Crippen molar-refractivity contribution in [3.05, 3.63) is 59.7 Å². The second kappa shape index (κ2) is 8.23. The molecule has 0 saturated heterocycles. The third-order valence-corrected chi connectivity index (χ3v) is 3.49. The van der Waals surface area contributed by atoms with Gasteiger partial charge in [-0.15, -0.1) is 0 Å². The summed E-state index contributed by atoms with van der Waals surface area (Å²) >= 11 is 0. The summed E-state index contributed by atoms with van der Waals surface area (Å²) in [5.41, 5.74) is 1.10. The Morgan fingerprint density at radius 1 is 1.17 bits per heavy atom. The summed E-state index contributed by atoms with van der Waals surface area (Å²) in [6, 6.07) is 13.5. The predicted octanol–water partition coefficient (Wildman–Crippen LogP) is 1.19. The highest BCUT2D eigenvalue weighted by molar-refractivity contribution is 7.92. The summed E-state index contributed by atoms with van der Waals surface area (Å²) in [4.78, 5) is 22.0. The Bertz CT molecular complexity index is 818. The molecule has 2 aromatic rings. The number of hydrogen-bond donors (Lipinski definition) is 1. The van der Waals surface area contributed by atoms with Gasteiger partial charge in [-0.3, -0.25) is 14.3 Å². The molecule has 0 amide bonds. The molecule has 0 heterocycles. The molecule has 3 N–H and O–H groups in total. The molecular weight excluding hydrogens is 334 g/mol. The third-order valence-electron chi connectivity index (χ3n) is 2.90. The molecule has 0 aliphatic rings. The molecule has 24 heavy (non-hydrogen) atoms. The molecule has 2 rings (SSSR count). The van der Waals surface area contributed by atoms with Crippen LogP contribution in [0.5, 0.6) is 5.75 Å². The fourth-order valence-corrected chi connectivity index (χ4v) is 2.45. The summed E-state index contributed by atoms with van der Waals surface area (Å²) in [5.74, 6) is -0.474. The minimum atomic E-state index is -3.56. The molecular formula is C16H17NO6S. The molecule has 0 aliphatic carbocycles. The zero-order valence-electron chi connectivity index (χ0n) is 12.9. The molecule has 0 aromatic heterocycles. The van der Waals surface area contributed by atoms with Gasteiger partial charge < -0.3 is 10.2 Å². The van der Waals surface area contributed by atoms with E-state index in [2.05, 4.69) is 4.72 Å². The molecule has 0 saturated carbocycles. The molecule has 7 nitrogen and oxygen atoms in total. The van der Waals surface area contributed by atoms with Crippen molar-refractivity contribution < 1.29 is 28.2 Å². The van der Waals surface area contributed by atoms with Crippen LogP contribution < -0.4 is 9.46 Å². The van der Waals surface area contributed by atoms with Crippen molar-refractivity contribution in [3.63, 3.8) is 0 Å². The summed E-state index contributed by atoms with van der Waals surface area (Å²) in [6.45, 7) is 0.236. The zero-order valence-corrected chi connectivity index (χ0v) is 13.7. The maximum Gasteiger partial charge on any atom is 0.229 e. The Morgan fingerprint density at radius 2 is 1.83 bits per heavy atom. The first-order valence-electron chi connectivity index (χ1n) is 6.67. The number of anilines is 1. The Kier molecular flexibility index (Phi) is 6.63. The van der Waals surface area contributed by atoms with Gasteiger partial charge in [0.15, 0.2) is 6.29 Å². The van der Waals surface area contributed by atoms with E-state index in [0.717, 1.165) is 11.8 Å². The number of hydrogen-bond acceptors (Lipinski definition) is 5. The van der Waals surface area contributed by atoms with E-state index in [9.17, 15) is 18.0 Å². The molecule has 0 atom stereocenters. The highest BCUT2D eigenvalue weighted by Gasteiger charge is 2.13. The molecule has 2 aromatic carbocycles. The van der Waals surface area contributed by atoms with Crippen LogP contribution in [0.4, 0.5) is 5.69 Å². The van der Waals surface area contributed by atoms with Crippen LogP contribution in [0, 0.1) is 0 Å². The molecule has 8 heteroatoms. The van der Waals surface area contributed by atoms with E-state index in [0.29, 0.717) is 0 Å². The van der Waals surface area contributed by atoms with Crippen LogP contribution in [0.2, 0.25) is 0 Å². The topological polar surface area (TPSA) is 121 Å². The van der Waals surface area contributed by atoms with Crippen molar-refractivity contribution in [2.45, 2.75) is 6.61 Å². The summed E-state index contributed by atoms with van der Waals surface area (Å²) < 4.78 is 30.8. The minimum Gasteiger partial charge on any atom is -0.487 e. The lowest BCUT2D eigenvalue weighted by Crippen LogP contribution is -2.12. The smallest absolute Gasteiger partial charge is 0.229 e. The third kappa shape index (κ3) is 5.49. The van der Waals surface area contributed by atoms with E-state index in [1.54, 1.807) is 0 Å². The molecule has 0 aliphatic heterocycles. The molecule has 0 unspecified atom stereocenters. The van der Waals surface area contributed by atoms with Crippen LogP contribution in [-0.2, 0) is 21.4 Å². The number of sulfonamides is 1. The number of nitrogens with one attached hydrogen (secondary N) is 1.